The predicted octanol–water partition coefficient (Wildman–Crippen LogP) is 4.62. The molecule has 1 atom stereocenters. The van der Waals surface area contributed by atoms with Crippen LogP contribution >= 0.6 is 11.3 Å². The molecule has 1 aliphatic rings. The quantitative estimate of drug-likeness (QED) is 0.521. The molecule has 5 rings (SSSR count). The maximum atomic E-state index is 5.84. The Morgan fingerprint density at radius 1 is 1.11 bits per heavy atom. The van der Waals surface area contributed by atoms with Crippen molar-refractivity contribution >= 4 is 21.6 Å². The number of rotatable bonds is 3. The predicted molar refractivity (Wildman–Crippen MR) is 105 cm³/mol. The summed E-state index contributed by atoms with van der Waals surface area (Å²) >= 11 is 1.63. The molecule has 0 amide bonds. The third-order valence-corrected chi connectivity index (χ3v) is 5.78. The Labute approximate surface area is 160 Å². The summed E-state index contributed by atoms with van der Waals surface area (Å²) in [7, 11) is 0. The number of hydrogen-bond donors (Lipinski definition) is 0. The van der Waals surface area contributed by atoms with Gasteiger partial charge in [-0.1, -0.05) is 12.1 Å². The van der Waals surface area contributed by atoms with Crippen LogP contribution < -0.4 is 0 Å². The zero-order chi connectivity index (χ0) is 18.2. The van der Waals surface area contributed by atoms with Crippen LogP contribution in [0.5, 0.6) is 0 Å². The van der Waals surface area contributed by atoms with Gasteiger partial charge >= 0.3 is 0 Å². The summed E-state index contributed by atoms with van der Waals surface area (Å²) in [4.78, 5) is 4.62. The van der Waals surface area contributed by atoms with Crippen molar-refractivity contribution in [3.8, 4) is 22.4 Å². The second-order valence-corrected chi connectivity index (χ2v) is 7.64. The van der Waals surface area contributed by atoms with Gasteiger partial charge in [0, 0.05) is 29.5 Å². The molecule has 3 aromatic heterocycles. The lowest BCUT2D eigenvalue weighted by Gasteiger charge is -2.22. The van der Waals surface area contributed by atoms with Gasteiger partial charge in [-0.05, 0) is 38.3 Å². The van der Waals surface area contributed by atoms with Crippen molar-refractivity contribution in [3.63, 3.8) is 0 Å². The highest BCUT2D eigenvalue weighted by Gasteiger charge is 2.19. The van der Waals surface area contributed by atoms with Crippen molar-refractivity contribution in [2.45, 2.75) is 32.4 Å². The van der Waals surface area contributed by atoms with Gasteiger partial charge in [0.1, 0.15) is 6.23 Å². The zero-order valence-corrected chi connectivity index (χ0v) is 15.8. The van der Waals surface area contributed by atoms with E-state index in [1.165, 1.54) is 6.42 Å². The second-order valence-electron chi connectivity index (χ2n) is 6.78. The van der Waals surface area contributed by atoms with Crippen LogP contribution in [0.2, 0.25) is 0 Å². The molecule has 0 spiro atoms. The summed E-state index contributed by atoms with van der Waals surface area (Å²) in [5.74, 6) is 0. The Morgan fingerprint density at radius 2 is 2.04 bits per heavy atom. The Hall–Kier alpha value is -2.64. The zero-order valence-electron chi connectivity index (χ0n) is 15.0. The van der Waals surface area contributed by atoms with E-state index in [1.807, 2.05) is 35.4 Å². The Kier molecular flexibility index (Phi) is 4.18. The minimum atomic E-state index is 0.0422. The van der Waals surface area contributed by atoms with Gasteiger partial charge in [-0.2, -0.15) is 15.3 Å². The average molecular weight is 377 g/mol. The maximum absolute atomic E-state index is 5.84. The van der Waals surface area contributed by atoms with Crippen molar-refractivity contribution < 1.29 is 4.74 Å². The molecule has 4 heterocycles. The Bertz CT molecular complexity index is 1080. The first-order chi connectivity index (χ1) is 13.3. The molecule has 1 fully saturated rings. The van der Waals surface area contributed by atoms with Crippen LogP contribution in [0.15, 0.2) is 42.2 Å². The molecule has 0 aliphatic carbocycles. The topological polar surface area (TPSA) is 65.7 Å². The molecule has 1 aromatic carbocycles. The number of aryl methyl sites for hydroxylation is 1. The van der Waals surface area contributed by atoms with E-state index >= 15 is 0 Å². The van der Waals surface area contributed by atoms with Crippen LogP contribution in [0.4, 0.5) is 0 Å². The molecule has 0 radical (unpaired) electrons. The first-order valence-corrected chi connectivity index (χ1v) is 10.0. The van der Waals surface area contributed by atoms with Gasteiger partial charge in [-0.25, -0.2) is 9.67 Å². The summed E-state index contributed by atoms with van der Waals surface area (Å²) in [6, 6.07) is 8.19. The lowest BCUT2D eigenvalue weighted by Crippen LogP contribution is -2.18. The third-order valence-electron chi connectivity index (χ3n) is 4.92. The molecule has 0 saturated carbocycles. The van der Waals surface area contributed by atoms with Crippen molar-refractivity contribution in [3.05, 3.63) is 47.9 Å². The van der Waals surface area contributed by atoms with Crippen LogP contribution in [0.25, 0.3) is 32.6 Å². The Balaban J connectivity index is 1.55. The van der Waals surface area contributed by atoms with Gasteiger partial charge in [-0.15, -0.1) is 11.3 Å². The highest BCUT2D eigenvalue weighted by atomic mass is 32.1. The number of hydrogen-bond acceptors (Lipinski definition) is 6. The first kappa shape index (κ1) is 16.5. The van der Waals surface area contributed by atoms with E-state index in [-0.39, 0.29) is 6.23 Å². The highest BCUT2D eigenvalue weighted by Crippen LogP contribution is 2.36. The normalized spacial score (nSPS) is 17.4. The molecule has 136 valence electrons. The van der Waals surface area contributed by atoms with E-state index in [9.17, 15) is 0 Å². The molecule has 6 nitrogen and oxygen atoms in total. The number of benzene rings is 1. The van der Waals surface area contributed by atoms with E-state index in [1.54, 1.807) is 11.3 Å². The second kappa shape index (κ2) is 6.83. The fourth-order valence-corrected chi connectivity index (χ4v) is 4.33. The summed E-state index contributed by atoms with van der Waals surface area (Å²) < 4.78 is 8.90. The molecule has 1 unspecified atom stereocenters. The van der Waals surface area contributed by atoms with Gasteiger partial charge in [0.05, 0.1) is 33.3 Å². The van der Waals surface area contributed by atoms with Gasteiger partial charge in [0.15, 0.2) is 0 Å². The van der Waals surface area contributed by atoms with E-state index in [0.29, 0.717) is 0 Å². The fraction of sp³-hybridized carbons (Fsp3) is 0.300. The first-order valence-electron chi connectivity index (χ1n) is 9.12. The monoisotopic (exact) mass is 377 g/mol. The largest absolute Gasteiger partial charge is 0.357 e. The lowest BCUT2D eigenvalue weighted by molar-refractivity contribution is -0.0394. The number of aromatic nitrogens is 5. The van der Waals surface area contributed by atoms with Crippen LogP contribution in [0.1, 0.15) is 31.2 Å². The van der Waals surface area contributed by atoms with Crippen molar-refractivity contribution in [2.24, 2.45) is 0 Å². The number of ether oxygens (including phenoxy) is 1. The van der Waals surface area contributed by atoms with Gasteiger partial charge in [-0.3, -0.25) is 0 Å². The van der Waals surface area contributed by atoms with E-state index in [4.69, 9.17) is 4.74 Å². The number of thiazole rings is 1. The molecule has 27 heavy (non-hydrogen) atoms. The molecular formula is C20H19N5OS. The van der Waals surface area contributed by atoms with Crippen LogP contribution in [-0.4, -0.2) is 31.6 Å². The van der Waals surface area contributed by atoms with Gasteiger partial charge in [0.2, 0.25) is 0 Å². The lowest BCUT2D eigenvalue weighted by atomic mass is 10.0. The summed E-state index contributed by atoms with van der Waals surface area (Å²) in [6.07, 6.45) is 7.33. The molecule has 0 bridgehead atoms. The minimum Gasteiger partial charge on any atom is -0.357 e. The van der Waals surface area contributed by atoms with E-state index in [2.05, 4.69) is 38.6 Å². The van der Waals surface area contributed by atoms with Crippen LogP contribution in [-0.2, 0) is 4.74 Å². The molecule has 4 aromatic rings. The molecule has 1 aliphatic heterocycles. The van der Waals surface area contributed by atoms with Gasteiger partial charge in [0.25, 0.3) is 0 Å². The molecule has 0 N–H and O–H groups in total. The molecular weight excluding hydrogens is 358 g/mol. The maximum Gasteiger partial charge on any atom is 0.150 e. The minimum absolute atomic E-state index is 0.0422. The van der Waals surface area contributed by atoms with Crippen molar-refractivity contribution in [2.75, 3.05) is 6.61 Å². The summed E-state index contributed by atoms with van der Waals surface area (Å²) in [6.45, 7) is 2.75. The standard InChI is InChI=1S/C20H19N5OS/c1-13-5-8-17(24-23-13)16-7-6-15(19-20(16)27-12-21-19)14-10-22-25(11-14)18-4-2-3-9-26-18/h5-8,10-12,18H,2-4,9H2,1H3. The highest BCUT2D eigenvalue weighted by molar-refractivity contribution is 7.17. The smallest absolute Gasteiger partial charge is 0.150 e. The third kappa shape index (κ3) is 3.02. The van der Waals surface area contributed by atoms with Crippen molar-refractivity contribution in [1.82, 2.24) is 25.0 Å². The summed E-state index contributed by atoms with van der Waals surface area (Å²) in [5.41, 5.74) is 7.84. The Morgan fingerprint density at radius 3 is 2.85 bits per heavy atom. The van der Waals surface area contributed by atoms with E-state index in [0.717, 1.165) is 57.7 Å². The van der Waals surface area contributed by atoms with E-state index < -0.39 is 0 Å². The fourth-order valence-electron chi connectivity index (χ4n) is 3.49. The van der Waals surface area contributed by atoms with Crippen LogP contribution in [0, 0.1) is 6.92 Å². The molecule has 7 heteroatoms. The van der Waals surface area contributed by atoms with Crippen molar-refractivity contribution in [1.29, 1.82) is 0 Å². The molecule has 1 saturated heterocycles. The van der Waals surface area contributed by atoms with Gasteiger partial charge < -0.3 is 4.74 Å². The number of fused-ring (bicyclic) bond motifs is 1. The SMILES string of the molecule is Cc1ccc(-c2ccc(-c3cnn(C4CCCCO4)c3)c3ncsc23)nn1. The average Bonchev–Trinajstić information content (AvgIpc) is 3.39. The summed E-state index contributed by atoms with van der Waals surface area (Å²) in [5, 5.41) is 13.1. The van der Waals surface area contributed by atoms with Crippen LogP contribution in [0.3, 0.4) is 0 Å². The number of nitrogens with zero attached hydrogens (tertiary/aromatic N) is 5.